The molecule has 2 aliphatic rings. The molecule has 3 rings (SSSR count). The Bertz CT molecular complexity index is 546. The van der Waals surface area contributed by atoms with E-state index in [4.69, 9.17) is 21.1 Å². The maximum atomic E-state index is 9.18. The number of hydrogen-bond acceptors (Lipinski definition) is 4. The Hall–Kier alpha value is -0.890. The van der Waals surface area contributed by atoms with Crippen LogP contribution in [0, 0.1) is 11.3 Å². The van der Waals surface area contributed by atoms with Crippen LogP contribution in [-0.2, 0) is 4.74 Å². The van der Waals surface area contributed by atoms with Crippen molar-refractivity contribution in [1.29, 1.82) is 5.26 Å². The van der Waals surface area contributed by atoms with E-state index in [-0.39, 0.29) is 11.7 Å². The van der Waals surface area contributed by atoms with Crippen molar-refractivity contribution in [2.24, 2.45) is 0 Å². The summed E-state index contributed by atoms with van der Waals surface area (Å²) in [6.45, 7) is 0.734. The van der Waals surface area contributed by atoms with Crippen LogP contribution in [-0.4, -0.2) is 29.8 Å². The van der Waals surface area contributed by atoms with Crippen LogP contribution in [0.4, 0.5) is 0 Å². The molecule has 2 fully saturated rings. The molecule has 2 saturated heterocycles. The molecular weight excluding hydrogens is 306 g/mol. The predicted molar refractivity (Wildman–Crippen MR) is 85.1 cm³/mol. The lowest BCUT2D eigenvalue weighted by Crippen LogP contribution is -2.46. The maximum absolute atomic E-state index is 9.18. The highest BCUT2D eigenvalue weighted by atomic mass is 35.5. The highest BCUT2D eigenvalue weighted by Gasteiger charge is 2.39. The van der Waals surface area contributed by atoms with Crippen LogP contribution < -0.4 is 4.74 Å². The minimum atomic E-state index is -0.0143. The van der Waals surface area contributed by atoms with Crippen LogP contribution in [0.5, 0.6) is 5.75 Å². The Balaban J connectivity index is 1.73. The van der Waals surface area contributed by atoms with Gasteiger partial charge in [0.1, 0.15) is 17.9 Å². The number of ether oxygens (including phenoxy) is 2. The number of benzene rings is 1. The third-order valence-electron chi connectivity index (χ3n) is 4.21. The van der Waals surface area contributed by atoms with Gasteiger partial charge in [-0.05, 0) is 36.5 Å². The lowest BCUT2D eigenvalue weighted by atomic mass is 9.86. The van der Waals surface area contributed by atoms with Crippen LogP contribution in [0.15, 0.2) is 18.2 Å². The zero-order valence-electron chi connectivity index (χ0n) is 11.8. The van der Waals surface area contributed by atoms with Gasteiger partial charge in [0.25, 0.3) is 0 Å². The average Bonchev–Trinajstić information content (AvgIpc) is 2.48. The monoisotopic (exact) mass is 323 g/mol. The molecule has 1 aromatic carbocycles. The Labute approximate surface area is 134 Å². The molecule has 2 aliphatic heterocycles. The van der Waals surface area contributed by atoms with Gasteiger partial charge in [-0.1, -0.05) is 11.6 Å². The van der Waals surface area contributed by atoms with Crippen LogP contribution in [0.2, 0.25) is 5.02 Å². The molecule has 1 aromatic rings. The molecule has 1 atom stereocenters. The van der Waals surface area contributed by atoms with Gasteiger partial charge in [0, 0.05) is 23.9 Å². The first-order valence-corrected chi connectivity index (χ1v) is 8.82. The Kier molecular flexibility index (Phi) is 4.63. The van der Waals surface area contributed by atoms with E-state index in [2.05, 4.69) is 6.07 Å². The van der Waals surface area contributed by atoms with Crippen molar-refractivity contribution in [3.8, 4) is 11.8 Å². The number of nitriles is 1. The van der Waals surface area contributed by atoms with Gasteiger partial charge in [-0.2, -0.15) is 17.0 Å². The molecular formula is C16H18ClNO2S. The summed E-state index contributed by atoms with van der Waals surface area (Å²) in [4.78, 5) is 0. The van der Waals surface area contributed by atoms with Crippen LogP contribution in [0.25, 0.3) is 0 Å². The normalized spacial score (nSPS) is 24.5. The smallest absolute Gasteiger partial charge is 0.138 e. The van der Waals surface area contributed by atoms with E-state index >= 15 is 0 Å². The maximum Gasteiger partial charge on any atom is 0.138 e. The minimum absolute atomic E-state index is 0.0143. The molecule has 1 unspecified atom stereocenters. The van der Waals surface area contributed by atoms with Gasteiger partial charge in [0.15, 0.2) is 0 Å². The zero-order valence-corrected chi connectivity index (χ0v) is 13.4. The number of nitrogens with zero attached hydrogens (tertiary/aromatic N) is 1. The average molecular weight is 324 g/mol. The first-order valence-electron chi connectivity index (χ1n) is 7.29. The minimum Gasteiger partial charge on any atom is -0.489 e. The summed E-state index contributed by atoms with van der Waals surface area (Å²) in [6, 6.07) is 7.33. The summed E-state index contributed by atoms with van der Waals surface area (Å²) in [5.41, 5.74) is 0.527. The predicted octanol–water partition coefficient (Wildman–Crippen LogP) is 4.04. The lowest BCUT2D eigenvalue weighted by Gasteiger charge is -2.43. The van der Waals surface area contributed by atoms with Gasteiger partial charge in [0.05, 0.1) is 17.8 Å². The second-order valence-corrected chi connectivity index (χ2v) is 7.29. The van der Waals surface area contributed by atoms with Crippen molar-refractivity contribution < 1.29 is 9.47 Å². The molecule has 1 spiro atoms. The fourth-order valence-electron chi connectivity index (χ4n) is 3.04. The Morgan fingerprint density at radius 3 is 2.95 bits per heavy atom. The van der Waals surface area contributed by atoms with Crippen LogP contribution in [0.3, 0.4) is 0 Å². The standard InChI is InChI=1S/C16H18ClNO2S/c17-13-2-1-12(11-18)15(9-13)20-14-3-6-19-16(10-14)4-7-21-8-5-16/h1-2,9,14H,3-8,10H2. The molecule has 0 N–H and O–H groups in total. The Morgan fingerprint density at radius 1 is 1.38 bits per heavy atom. The van der Waals surface area contributed by atoms with E-state index in [1.807, 2.05) is 11.8 Å². The number of rotatable bonds is 2. The van der Waals surface area contributed by atoms with Crippen molar-refractivity contribution in [3.63, 3.8) is 0 Å². The van der Waals surface area contributed by atoms with E-state index in [9.17, 15) is 5.26 Å². The van der Waals surface area contributed by atoms with E-state index in [0.29, 0.717) is 16.3 Å². The summed E-state index contributed by atoms with van der Waals surface area (Å²) < 4.78 is 12.2. The topological polar surface area (TPSA) is 42.2 Å². The molecule has 0 radical (unpaired) electrons. The van der Waals surface area contributed by atoms with E-state index in [0.717, 1.165) is 43.8 Å². The summed E-state index contributed by atoms with van der Waals surface area (Å²) in [5, 5.41) is 9.78. The van der Waals surface area contributed by atoms with Crippen LogP contribution >= 0.6 is 23.4 Å². The number of hydrogen-bond donors (Lipinski definition) is 0. The molecule has 5 heteroatoms. The van der Waals surface area contributed by atoms with Crippen LogP contribution in [0.1, 0.15) is 31.2 Å². The highest BCUT2D eigenvalue weighted by Crippen LogP contribution is 2.39. The summed E-state index contributed by atoms with van der Waals surface area (Å²) in [7, 11) is 0. The van der Waals surface area contributed by atoms with E-state index in [1.54, 1.807) is 18.2 Å². The highest BCUT2D eigenvalue weighted by molar-refractivity contribution is 7.99. The first kappa shape index (κ1) is 15.0. The largest absolute Gasteiger partial charge is 0.489 e. The third kappa shape index (κ3) is 3.48. The van der Waals surface area contributed by atoms with E-state index in [1.165, 1.54) is 0 Å². The Morgan fingerprint density at radius 2 is 2.19 bits per heavy atom. The van der Waals surface area contributed by atoms with Gasteiger partial charge in [0.2, 0.25) is 0 Å². The summed E-state index contributed by atoms with van der Waals surface area (Å²) >= 11 is 8.01. The molecule has 3 nitrogen and oxygen atoms in total. The molecule has 2 heterocycles. The van der Waals surface area contributed by atoms with Crippen molar-refractivity contribution in [1.82, 2.24) is 0 Å². The van der Waals surface area contributed by atoms with Crippen molar-refractivity contribution in [3.05, 3.63) is 28.8 Å². The van der Waals surface area contributed by atoms with Gasteiger partial charge in [-0.15, -0.1) is 0 Å². The fraction of sp³-hybridized carbons (Fsp3) is 0.562. The second kappa shape index (κ2) is 6.48. The second-order valence-electron chi connectivity index (χ2n) is 5.63. The molecule has 0 aliphatic carbocycles. The van der Waals surface area contributed by atoms with E-state index < -0.39 is 0 Å². The van der Waals surface area contributed by atoms with Gasteiger partial charge >= 0.3 is 0 Å². The fourth-order valence-corrected chi connectivity index (χ4v) is 4.44. The SMILES string of the molecule is N#Cc1ccc(Cl)cc1OC1CCOC2(CCSCC2)C1. The molecule has 0 saturated carbocycles. The zero-order chi connectivity index (χ0) is 14.7. The number of halogens is 1. The molecule has 21 heavy (non-hydrogen) atoms. The van der Waals surface area contributed by atoms with Gasteiger partial charge in [-0.25, -0.2) is 0 Å². The molecule has 112 valence electrons. The molecule has 0 aromatic heterocycles. The summed E-state index contributed by atoms with van der Waals surface area (Å²) in [5.74, 6) is 2.91. The molecule has 0 amide bonds. The third-order valence-corrected chi connectivity index (χ3v) is 5.43. The van der Waals surface area contributed by atoms with Gasteiger partial charge < -0.3 is 9.47 Å². The van der Waals surface area contributed by atoms with Crippen molar-refractivity contribution in [2.45, 2.75) is 37.4 Å². The quantitative estimate of drug-likeness (QED) is 0.824. The van der Waals surface area contributed by atoms with Crippen molar-refractivity contribution >= 4 is 23.4 Å². The van der Waals surface area contributed by atoms with Crippen molar-refractivity contribution in [2.75, 3.05) is 18.1 Å². The lowest BCUT2D eigenvalue weighted by molar-refractivity contribution is -0.116. The summed E-state index contributed by atoms with van der Waals surface area (Å²) in [6.07, 6.45) is 4.07. The number of thioether (sulfide) groups is 1. The molecule has 0 bridgehead atoms. The van der Waals surface area contributed by atoms with Gasteiger partial charge in [-0.3, -0.25) is 0 Å². The first-order chi connectivity index (χ1) is 10.2.